The summed E-state index contributed by atoms with van der Waals surface area (Å²) >= 11 is 0. The van der Waals surface area contributed by atoms with E-state index < -0.39 is 35.1 Å². The summed E-state index contributed by atoms with van der Waals surface area (Å²) in [5, 5.41) is 9.28. The first-order chi connectivity index (χ1) is 26.7. The largest absolute Gasteiger partial charge is 0.444 e. The first-order valence-electron chi connectivity index (χ1n) is 19.6. The summed E-state index contributed by atoms with van der Waals surface area (Å²) in [5.41, 5.74) is 2.33. The number of piperidine rings is 1. The number of carbonyl (C=O) groups is 3. The van der Waals surface area contributed by atoms with Crippen LogP contribution in [0.4, 0.5) is 20.1 Å². The molecule has 2 aliphatic heterocycles. The summed E-state index contributed by atoms with van der Waals surface area (Å²) in [7, 11) is 0. The maximum absolute atomic E-state index is 14.2. The number of fused-ring (bicyclic) bond motifs is 2. The van der Waals surface area contributed by atoms with Gasteiger partial charge in [0.2, 0.25) is 0 Å². The molecule has 2 aliphatic rings. The lowest BCUT2D eigenvalue weighted by atomic mass is 10.1. The van der Waals surface area contributed by atoms with Gasteiger partial charge >= 0.3 is 18.3 Å². The number of hydrogen-bond acceptors (Lipinski definition) is 11. The van der Waals surface area contributed by atoms with Gasteiger partial charge in [0.1, 0.15) is 28.3 Å². The molecule has 6 rings (SSSR count). The molecule has 2 aromatic carbocycles. The Balaban J connectivity index is 1.46. The molecule has 304 valence electrons. The zero-order valence-corrected chi connectivity index (χ0v) is 34.9. The average Bonchev–Trinajstić information content (AvgIpc) is 3.66. The van der Waals surface area contributed by atoms with Gasteiger partial charge in [0.25, 0.3) is 0 Å². The molecule has 0 aliphatic carbocycles. The second-order valence-electron chi connectivity index (χ2n) is 17.7. The van der Waals surface area contributed by atoms with Gasteiger partial charge in [-0.25, -0.2) is 23.9 Å². The molecule has 0 saturated carbocycles. The summed E-state index contributed by atoms with van der Waals surface area (Å²) in [6.07, 6.45) is 3.26. The van der Waals surface area contributed by atoms with E-state index in [9.17, 15) is 14.4 Å². The third kappa shape index (κ3) is 9.49. The van der Waals surface area contributed by atoms with E-state index in [0.717, 1.165) is 42.6 Å². The van der Waals surface area contributed by atoms with E-state index in [1.165, 1.54) is 11.1 Å². The van der Waals surface area contributed by atoms with Gasteiger partial charge in [-0.1, -0.05) is 12.1 Å². The van der Waals surface area contributed by atoms with Crippen LogP contribution < -0.4 is 10.2 Å². The van der Waals surface area contributed by atoms with Gasteiger partial charge < -0.3 is 29.3 Å². The molecule has 1 N–H and O–H groups in total. The number of amides is 1. The van der Waals surface area contributed by atoms with Crippen LogP contribution in [0.2, 0.25) is 0 Å². The minimum absolute atomic E-state index is 0.117. The van der Waals surface area contributed by atoms with Crippen LogP contribution in [-0.2, 0) is 14.2 Å². The molecule has 0 atom stereocenters. The molecule has 14 heteroatoms. The van der Waals surface area contributed by atoms with Crippen molar-refractivity contribution in [1.29, 1.82) is 0 Å². The van der Waals surface area contributed by atoms with Crippen molar-refractivity contribution in [3.63, 3.8) is 0 Å². The van der Waals surface area contributed by atoms with Crippen LogP contribution in [0.5, 0.6) is 0 Å². The first-order valence-corrected chi connectivity index (χ1v) is 19.6. The molecule has 0 spiro atoms. The second kappa shape index (κ2) is 15.7. The van der Waals surface area contributed by atoms with Crippen molar-refractivity contribution in [2.24, 2.45) is 9.98 Å². The molecule has 14 nitrogen and oxygen atoms in total. The van der Waals surface area contributed by atoms with E-state index in [1.54, 1.807) is 31.5 Å². The molecule has 0 unspecified atom stereocenters. The van der Waals surface area contributed by atoms with Gasteiger partial charge in [0, 0.05) is 48.4 Å². The lowest BCUT2D eigenvalue weighted by Gasteiger charge is -2.41. The number of carbonyl (C=O) groups excluding carboxylic acids is 3. The van der Waals surface area contributed by atoms with Crippen molar-refractivity contribution in [3.8, 4) is 11.4 Å². The third-order valence-electron chi connectivity index (χ3n) is 9.42. The van der Waals surface area contributed by atoms with Gasteiger partial charge in [0.15, 0.2) is 0 Å². The average molecular weight is 781 g/mol. The van der Waals surface area contributed by atoms with E-state index in [4.69, 9.17) is 24.3 Å². The van der Waals surface area contributed by atoms with E-state index in [1.807, 2.05) is 89.8 Å². The molecule has 1 amide bonds. The molecule has 2 aromatic heterocycles. The van der Waals surface area contributed by atoms with Crippen molar-refractivity contribution in [2.75, 3.05) is 31.1 Å². The molecule has 0 radical (unpaired) electrons. The van der Waals surface area contributed by atoms with Crippen LogP contribution in [0, 0.1) is 0 Å². The maximum atomic E-state index is 14.2. The Labute approximate surface area is 334 Å². The smallest absolute Gasteiger partial charge is 0.435 e. The second-order valence-corrected chi connectivity index (χ2v) is 17.7. The van der Waals surface area contributed by atoms with Crippen molar-refractivity contribution in [1.82, 2.24) is 24.6 Å². The molecule has 0 bridgehead atoms. The Bertz CT molecular complexity index is 2250. The van der Waals surface area contributed by atoms with Crippen molar-refractivity contribution in [2.45, 2.75) is 111 Å². The summed E-state index contributed by atoms with van der Waals surface area (Å²) in [5.74, 6) is 0.574. The number of nitrogens with zero attached hydrogens (tertiary/aromatic N) is 7. The molecule has 2 fully saturated rings. The van der Waals surface area contributed by atoms with Crippen LogP contribution in [0.1, 0.15) is 94.1 Å². The lowest BCUT2D eigenvalue weighted by molar-refractivity contribution is 0.0431. The fraction of sp³-hybridized carbons (Fsp3) is 0.488. The fourth-order valence-electron chi connectivity index (χ4n) is 7.01. The predicted octanol–water partition coefficient (Wildman–Crippen LogP) is 8.73. The van der Waals surface area contributed by atoms with Gasteiger partial charge in [0.05, 0.1) is 29.0 Å². The number of aromatic nitrogens is 3. The maximum Gasteiger partial charge on any atom is 0.435 e. The first kappa shape index (κ1) is 41.0. The SMILES string of the molecule is C=N/C=C(\N=C(C)c1ccc2c(c1)c(-c1cc3c(N4CCCCC4)cccc3n1C(=O)OC(C)(C)C)nn2C(=O)OC(C)(C)C)N1CC(NC(=O)OC(C)(C)C)C1. The Kier molecular flexibility index (Phi) is 11.3. The van der Waals surface area contributed by atoms with E-state index in [-0.39, 0.29) is 6.04 Å². The van der Waals surface area contributed by atoms with Crippen molar-refractivity contribution < 1.29 is 28.6 Å². The number of benzene rings is 2. The summed E-state index contributed by atoms with van der Waals surface area (Å²) < 4.78 is 20.0. The zero-order valence-electron chi connectivity index (χ0n) is 34.9. The molecule has 57 heavy (non-hydrogen) atoms. The van der Waals surface area contributed by atoms with E-state index in [2.05, 4.69) is 28.0 Å². The quantitative estimate of drug-likeness (QED) is 0.144. The highest BCUT2D eigenvalue weighted by Crippen LogP contribution is 2.38. The highest BCUT2D eigenvalue weighted by atomic mass is 16.6. The number of alkyl carbamates (subject to hydrolysis) is 1. The molecule has 2 saturated heterocycles. The van der Waals surface area contributed by atoms with Gasteiger partial charge in [-0.05, 0) is 131 Å². The fourth-order valence-corrected chi connectivity index (χ4v) is 7.01. The highest BCUT2D eigenvalue weighted by Gasteiger charge is 2.32. The highest BCUT2D eigenvalue weighted by molar-refractivity contribution is 6.09. The number of aliphatic imine (C=N–C) groups is 2. The van der Waals surface area contributed by atoms with Crippen LogP contribution in [0.15, 0.2) is 64.5 Å². The standard InChI is InChI=1S/C43H56N8O6/c1-27(45-36(24-44-11)49-25-29(26-49)46-38(52)55-41(2,3)4)28-18-19-34-31(22-28)37(47-51(34)40(54)57-43(8,9)10)35-23-30-32(48-20-13-12-14-21-48)16-15-17-33(30)50(35)39(53)56-42(5,6)7/h15-19,22-24,29H,11-14,20-21,25-26H2,1-10H3,(H,46,52)/b36-24+,45-27?. The Morgan fingerprint density at radius 1 is 0.825 bits per heavy atom. The van der Waals surface area contributed by atoms with Crippen molar-refractivity contribution in [3.05, 3.63) is 60.0 Å². The minimum atomic E-state index is -0.784. The number of likely N-dealkylation sites (tertiary alicyclic amines) is 1. The minimum Gasteiger partial charge on any atom is -0.444 e. The third-order valence-corrected chi connectivity index (χ3v) is 9.42. The lowest BCUT2D eigenvalue weighted by Crippen LogP contribution is -2.59. The van der Waals surface area contributed by atoms with Gasteiger partial charge in [-0.3, -0.25) is 4.99 Å². The monoisotopic (exact) mass is 780 g/mol. The van der Waals surface area contributed by atoms with E-state index in [0.29, 0.717) is 52.4 Å². The van der Waals surface area contributed by atoms with E-state index >= 15 is 0 Å². The Morgan fingerprint density at radius 3 is 2.11 bits per heavy atom. The number of rotatable bonds is 7. The molecule has 4 aromatic rings. The molecule has 4 heterocycles. The Hall–Kier alpha value is -5.66. The summed E-state index contributed by atoms with van der Waals surface area (Å²) in [6, 6.07) is 13.4. The number of ether oxygens (including phenoxy) is 3. The summed E-state index contributed by atoms with van der Waals surface area (Å²) in [6.45, 7) is 24.8. The number of nitrogens with one attached hydrogen (secondary N) is 1. The van der Waals surface area contributed by atoms with Crippen molar-refractivity contribution >= 4 is 58.2 Å². The van der Waals surface area contributed by atoms with Crippen LogP contribution in [0.25, 0.3) is 33.2 Å². The van der Waals surface area contributed by atoms with Gasteiger partial charge in [-0.2, -0.15) is 9.78 Å². The molecular weight excluding hydrogens is 725 g/mol. The zero-order chi connectivity index (χ0) is 41.4. The van der Waals surface area contributed by atoms with Crippen LogP contribution in [-0.4, -0.2) is 99.0 Å². The molecular formula is C43H56N8O6. The number of anilines is 1. The van der Waals surface area contributed by atoms with Crippen LogP contribution in [0.3, 0.4) is 0 Å². The normalized spacial score (nSPS) is 16.1. The Morgan fingerprint density at radius 2 is 1.47 bits per heavy atom. The van der Waals surface area contributed by atoms with Crippen LogP contribution >= 0.6 is 0 Å². The number of hydrogen-bond donors (Lipinski definition) is 1. The predicted molar refractivity (Wildman–Crippen MR) is 225 cm³/mol. The topological polar surface area (TPSA) is 145 Å². The summed E-state index contributed by atoms with van der Waals surface area (Å²) in [4.78, 5) is 53.6. The van der Waals surface area contributed by atoms with Gasteiger partial charge in [-0.15, -0.1) is 0 Å².